The average Bonchev–Trinajstić information content (AvgIpc) is 3.39. The minimum Gasteiger partial charge on any atom is -0.497 e. The first-order chi connectivity index (χ1) is 14.6. The summed E-state index contributed by atoms with van der Waals surface area (Å²) < 4.78 is 6.87. The summed E-state index contributed by atoms with van der Waals surface area (Å²) in [6, 6.07) is 16.5. The third kappa shape index (κ3) is 4.47. The first-order valence-corrected chi connectivity index (χ1v) is 9.47. The van der Waals surface area contributed by atoms with Gasteiger partial charge in [0.25, 0.3) is 0 Å². The van der Waals surface area contributed by atoms with Crippen molar-refractivity contribution in [3.8, 4) is 17.1 Å². The minimum atomic E-state index is -0.300. The molecule has 0 saturated heterocycles. The number of tetrazole rings is 1. The van der Waals surface area contributed by atoms with Gasteiger partial charge in [0, 0.05) is 16.7 Å². The number of aromatic nitrogens is 6. The Kier molecular flexibility index (Phi) is 5.71. The van der Waals surface area contributed by atoms with Crippen LogP contribution in [0.4, 0.5) is 5.82 Å². The zero-order chi connectivity index (χ0) is 20.9. The van der Waals surface area contributed by atoms with Crippen LogP contribution in [0, 0.1) is 0 Å². The van der Waals surface area contributed by atoms with Crippen LogP contribution in [0.5, 0.6) is 5.75 Å². The van der Waals surface area contributed by atoms with Crippen LogP contribution in [0.15, 0.2) is 60.8 Å². The molecule has 0 radical (unpaired) electrons. The first kappa shape index (κ1) is 19.6. The highest BCUT2D eigenvalue weighted by Gasteiger charge is 2.13. The standard InChI is InChI=1S/C20H18ClN7O2/c1-30-16-7-4-6-14(11-16)20-24-26-28(25-20)13-19(29)23-18-9-10-22-27(18)12-15-5-2-3-8-17(15)21/h2-11H,12-13H2,1H3,(H,23,29). The van der Waals surface area contributed by atoms with E-state index in [1.54, 1.807) is 30.1 Å². The van der Waals surface area contributed by atoms with Gasteiger partial charge in [-0.2, -0.15) is 9.90 Å². The molecule has 0 atom stereocenters. The van der Waals surface area contributed by atoms with E-state index < -0.39 is 0 Å². The Morgan fingerprint density at radius 2 is 2.03 bits per heavy atom. The Morgan fingerprint density at radius 3 is 2.87 bits per heavy atom. The molecule has 2 heterocycles. The Bertz CT molecular complexity index is 1170. The first-order valence-electron chi connectivity index (χ1n) is 9.09. The highest BCUT2D eigenvalue weighted by Crippen LogP contribution is 2.20. The third-order valence-corrected chi connectivity index (χ3v) is 4.70. The predicted octanol–water partition coefficient (Wildman–Crippen LogP) is 2.89. The summed E-state index contributed by atoms with van der Waals surface area (Å²) in [5.41, 5.74) is 1.65. The minimum absolute atomic E-state index is 0.0890. The van der Waals surface area contributed by atoms with Gasteiger partial charge in [0.05, 0.1) is 19.9 Å². The fourth-order valence-electron chi connectivity index (χ4n) is 2.85. The van der Waals surface area contributed by atoms with Gasteiger partial charge in [-0.3, -0.25) is 4.79 Å². The maximum absolute atomic E-state index is 12.5. The smallest absolute Gasteiger partial charge is 0.249 e. The normalized spacial score (nSPS) is 10.7. The second-order valence-electron chi connectivity index (χ2n) is 6.39. The lowest BCUT2D eigenvalue weighted by Gasteiger charge is -2.10. The third-order valence-electron chi connectivity index (χ3n) is 4.33. The molecular weight excluding hydrogens is 406 g/mol. The average molecular weight is 424 g/mol. The molecule has 0 aliphatic rings. The molecule has 2 aromatic heterocycles. The summed E-state index contributed by atoms with van der Waals surface area (Å²) in [7, 11) is 1.59. The molecule has 152 valence electrons. The van der Waals surface area contributed by atoms with Gasteiger partial charge in [-0.1, -0.05) is 41.9 Å². The maximum atomic E-state index is 12.5. The zero-order valence-electron chi connectivity index (χ0n) is 16.1. The highest BCUT2D eigenvalue weighted by atomic mass is 35.5. The van der Waals surface area contributed by atoms with Gasteiger partial charge < -0.3 is 10.1 Å². The molecule has 9 nitrogen and oxygen atoms in total. The molecule has 0 fully saturated rings. The summed E-state index contributed by atoms with van der Waals surface area (Å²) in [5.74, 6) is 1.34. The molecule has 0 unspecified atom stereocenters. The number of carbonyl (C=O) groups is 1. The van der Waals surface area contributed by atoms with E-state index in [-0.39, 0.29) is 12.5 Å². The van der Waals surface area contributed by atoms with E-state index in [2.05, 4.69) is 25.8 Å². The van der Waals surface area contributed by atoms with E-state index in [4.69, 9.17) is 16.3 Å². The molecule has 0 saturated carbocycles. The lowest BCUT2D eigenvalue weighted by atomic mass is 10.2. The van der Waals surface area contributed by atoms with Crippen molar-refractivity contribution in [2.24, 2.45) is 0 Å². The number of halogens is 1. The number of methoxy groups -OCH3 is 1. The highest BCUT2D eigenvalue weighted by molar-refractivity contribution is 6.31. The Labute approximate surface area is 177 Å². The molecule has 1 amide bonds. The van der Waals surface area contributed by atoms with E-state index in [1.807, 2.05) is 42.5 Å². The number of hydrogen-bond acceptors (Lipinski definition) is 6. The van der Waals surface area contributed by atoms with Crippen molar-refractivity contribution < 1.29 is 9.53 Å². The van der Waals surface area contributed by atoms with Crippen LogP contribution in [0.1, 0.15) is 5.56 Å². The number of rotatable bonds is 7. The number of nitrogens with one attached hydrogen (secondary N) is 1. The number of anilines is 1. The van der Waals surface area contributed by atoms with Crippen LogP contribution in [0.25, 0.3) is 11.4 Å². The fraction of sp³-hybridized carbons (Fsp3) is 0.150. The van der Waals surface area contributed by atoms with Crippen molar-refractivity contribution in [3.05, 3.63) is 71.4 Å². The maximum Gasteiger partial charge on any atom is 0.249 e. The molecule has 4 aromatic rings. The summed E-state index contributed by atoms with van der Waals surface area (Å²) >= 11 is 6.22. The number of hydrogen-bond donors (Lipinski definition) is 1. The van der Waals surface area contributed by atoms with Gasteiger partial charge in [0.15, 0.2) is 0 Å². The number of carbonyl (C=O) groups excluding carboxylic acids is 1. The molecule has 10 heteroatoms. The van der Waals surface area contributed by atoms with Crippen LogP contribution < -0.4 is 10.1 Å². The monoisotopic (exact) mass is 423 g/mol. The Morgan fingerprint density at radius 1 is 1.17 bits per heavy atom. The van der Waals surface area contributed by atoms with Crippen LogP contribution in [0.2, 0.25) is 5.02 Å². The number of benzene rings is 2. The molecular formula is C20H18ClN7O2. The van der Waals surface area contributed by atoms with Gasteiger partial charge in [-0.15, -0.1) is 10.2 Å². The molecule has 30 heavy (non-hydrogen) atoms. The predicted molar refractivity (Wildman–Crippen MR) is 111 cm³/mol. The molecule has 1 N–H and O–H groups in total. The Hall–Kier alpha value is -3.72. The van der Waals surface area contributed by atoms with Crippen molar-refractivity contribution in [1.82, 2.24) is 30.0 Å². The SMILES string of the molecule is COc1cccc(-c2nnn(CC(=O)Nc3ccnn3Cc3ccccc3Cl)n2)c1. The van der Waals surface area contributed by atoms with Crippen LogP contribution >= 0.6 is 11.6 Å². The van der Waals surface area contributed by atoms with Crippen molar-refractivity contribution in [2.75, 3.05) is 12.4 Å². The quantitative estimate of drug-likeness (QED) is 0.490. The van der Waals surface area contributed by atoms with Gasteiger partial charge >= 0.3 is 0 Å². The second kappa shape index (κ2) is 8.75. The van der Waals surface area contributed by atoms with Crippen LogP contribution in [-0.4, -0.2) is 43.0 Å². The van der Waals surface area contributed by atoms with Gasteiger partial charge in [0.2, 0.25) is 11.7 Å². The van der Waals surface area contributed by atoms with Gasteiger partial charge in [-0.05, 0) is 29.0 Å². The Balaban J connectivity index is 1.42. The van der Waals surface area contributed by atoms with E-state index >= 15 is 0 Å². The number of amides is 1. The molecule has 4 rings (SSSR count). The van der Waals surface area contributed by atoms with Crippen LogP contribution in [0.3, 0.4) is 0 Å². The summed E-state index contributed by atoms with van der Waals surface area (Å²) in [4.78, 5) is 13.7. The molecule has 0 aliphatic carbocycles. The number of ether oxygens (including phenoxy) is 1. The summed E-state index contributed by atoms with van der Waals surface area (Å²) in [5, 5.41) is 19.9. The summed E-state index contributed by atoms with van der Waals surface area (Å²) in [6.07, 6.45) is 1.61. The number of nitrogens with zero attached hydrogens (tertiary/aromatic N) is 6. The zero-order valence-corrected chi connectivity index (χ0v) is 16.8. The van der Waals surface area contributed by atoms with Crippen molar-refractivity contribution in [1.29, 1.82) is 0 Å². The topological polar surface area (TPSA) is 99.8 Å². The molecule has 2 aromatic carbocycles. The van der Waals surface area contributed by atoms with E-state index in [0.717, 1.165) is 11.1 Å². The van der Waals surface area contributed by atoms with Gasteiger partial charge in [0.1, 0.15) is 18.1 Å². The van der Waals surface area contributed by atoms with Crippen molar-refractivity contribution in [3.63, 3.8) is 0 Å². The van der Waals surface area contributed by atoms with Crippen LogP contribution in [-0.2, 0) is 17.9 Å². The van der Waals surface area contributed by atoms with Crippen molar-refractivity contribution >= 4 is 23.3 Å². The molecule has 0 aliphatic heterocycles. The van der Waals surface area contributed by atoms with E-state index in [0.29, 0.717) is 29.0 Å². The second-order valence-corrected chi connectivity index (χ2v) is 6.80. The van der Waals surface area contributed by atoms with E-state index in [1.165, 1.54) is 4.80 Å². The lowest BCUT2D eigenvalue weighted by Crippen LogP contribution is -2.22. The fourth-order valence-corrected chi connectivity index (χ4v) is 3.05. The largest absolute Gasteiger partial charge is 0.497 e. The van der Waals surface area contributed by atoms with Gasteiger partial charge in [-0.25, -0.2) is 4.68 Å². The summed E-state index contributed by atoms with van der Waals surface area (Å²) in [6.45, 7) is 0.345. The molecule has 0 bridgehead atoms. The van der Waals surface area contributed by atoms with Crippen molar-refractivity contribution in [2.45, 2.75) is 13.1 Å². The van der Waals surface area contributed by atoms with E-state index in [9.17, 15) is 4.79 Å². The lowest BCUT2D eigenvalue weighted by molar-refractivity contribution is -0.117. The molecule has 0 spiro atoms.